The summed E-state index contributed by atoms with van der Waals surface area (Å²) in [6.45, 7) is 5.07. The number of likely N-dealkylation sites (tertiary alicyclic amines) is 1. The number of ether oxygens (including phenoxy) is 1. The number of hydrogen-bond donors (Lipinski definition) is 0. The van der Waals surface area contributed by atoms with Gasteiger partial charge in [0.1, 0.15) is 11.7 Å². The van der Waals surface area contributed by atoms with Crippen LogP contribution in [0.25, 0.3) is 0 Å². The van der Waals surface area contributed by atoms with Gasteiger partial charge in [0, 0.05) is 37.4 Å². The van der Waals surface area contributed by atoms with Crippen LogP contribution in [0, 0.1) is 5.92 Å². The Kier molecular flexibility index (Phi) is 6.48. The van der Waals surface area contributed by atoms with Crippen molar-refractivity contribution in [1.82, 2.24) is 4.90 Å². The van der Waals surface area contributed by atoms with Gasteiger partial charge in [0.2, 0.25) is 0 Å². The second-order valence-electron chi connectivity index (χ2n) is 8.08. The number of hydrogen-bond acceptors (Lipinski definition) is 5. The van der Waals surface area contributed by atoms with E-state index in [1.54, 1.807) is 6.92 Å². The molecule has 5 nitrogen and oxygen atoms in total. The molecule has 2 heterocycles. The van der Waals surface area contributed by atoms with Crippen molar-refractivity contribution in [3.05, 3.63) is 59.7 Å². The smallest absolute Gasteiger partial charge is 0.317 e. The first kappa shape index (κ1) is 20.6. The average molecular weight is 407 g/mol. The minimum atomic E-state index is -0.627. The van der Waals surface area contributed by atoms with E-state index in [4.69, 9.17) is 4.74 Å². The number of rotatable bonds is 6. The maximum Gasteiger partial charge on any atom is 0.317 e. The van der Waals surface area contributed by atoms with Crippen molar-refractivity contribution in [2.75, 3.05) is 37.7 Å². The van der Waals surface area contributed by atoms with Crippen LogP contribution in [-0.4, -0.2) is 49.4 Å². The molecule has 5 heteroatoms. The van der Waals surface area contributed by atoms with Crippen LogP contribution in [0.2, 0.25) is 0 Å². The molecule has 1 atom stereocenters. The maximum absolute atomic E-state index is 12.2. The Labute approximate surface area is 178 Å². The van der Waals surface area contributed by atoms with Gasteiger partial charge in [-0.1, -0.05) is 36.4 Å². The second-order valence-corrected chi connectivity index (χ2v) is 8.08. The number of Topliss-reactive ketones (excluding diaryl/α,β-unsaturated/α-hetero) is 1. The van der Waals surface area contributed by atoms with Crippen LogP contribution < -0.4 is 4.90 Å². The molecule has 2 aromatic carbocycles. The van der Waals surface area contributed by atoms with E-state index < -0.39 is 5.92 Å². The number of ketones is 1. The van der Waals surface area contributed by atoms with Gasteiger partial charge in [-0.05, 0) is 56.0 Å². The fraction of sp³-hybridized carbons (Fsp3) is 0.440. The number of esters is 1. The standard InChI is InChI=1S/C25H30N2O3/c1-2-30-25(29)21-18-26(17-14-24(21)28)15-7-16-27-22-10-5-3-8-19(22)12-13-20-9-4-6-11-23(20)27/h3-6,8-11,21H,2,7,12-18H2,1H3. The molecule has 0 spiro atoms. The number of aryl methyl sites for hydroxylation is 2. The molecule has 2 aromatic rings. The van der Waals surface area contributed by atoms with Gasteiger partial charge in [0.15, 0.2) is 0 Å². The van der Waals surface area contributed by atoms with Crippen LogP contribution in [-0.2, 0) is 27.2 Å². The number of piperidine rings is 1. The number of carbonyl (C=O) groups is 2. The Morgan fingerprint density at radius 1 is 0.967 bits per heavy atom. The lowest BCUT2D eigenvalue weighted by Crippen LogP contribution is -2.45. The molecule has 0 bridgehead atoms. The first-order valence-corrected chi connectivity index (χ1v) is 11.0. The Morgan fingerprint density at radius 3 is 2.23 bits per heavy atom. The van der Waals surface area contributed by atoms with Gasteiger partial charge in [0.25, 0.3) is 0 Å². The highest BCUT2D eigenvalue weighted by molar-refractivity contribution is 5.99. The van der Waals surface area contributed by atoms with E-state index in [1.165, 1.54) is 22.5 Å². The van der Waals surface area contributed by atoms with E-state index in [-0.39, 0.29) is 11.8 Å². The van der Waals surface area contributed by atoms with Crippen molar-refractivity contribution in [2.24, 2.45) is 5.92 Å². The van der Waals surface area contributed by atoms with Gasteiger partial charge in [-0.2, -0.15) is 0 Å². The number of fused-ring (bicyclic) bond motifs is 2. The van der Waals surface area contributed by atoms with E-state index in [2.05, 4.69) is 58.3 Å². The molecule has 4 rings (SSSR count). The summed E-state index contributed by atoms with van der Waals surface area (Å²) in [7, 11) is 0. The summed E-state index contributed by atoms with van der Waals surface area (Å²) < 4.78 is 5.10. The molecule has 30 heavy (non-hydrogen) atoms. The lowest BCUT2D eigenvalue weighted by Gasteiger charge is -2.32. The molecule has 158 valence electrons. The van der Waals surface area contributed by atoms with Gasteiger partial charge in [-0.15, -0.1) is 0 Å². The summed E-state index contributed by atoms with van der Waals surface area (Å²) in [4.78, 5) is 28.9. The van der Waals surface area contributed by atoms with E-state index in [1.807, 2.05) is 0 Å². The van der Waals surface area contributed by atoms with E-state index in [9.17, 15) is 9.59 Å². The van der Waals surface area contributed by atoms with Crippen molar-refractivity contribution in [3.63, 3.8) is 0 Å². The molecule has 0 amide bonds. The predicted octanol–water partition coefficient (Wildman–Crippen LogP) is 3.77. The zero-order chi connectivity index (χ0) is 20.9. The highest BCUT2D eigenvalue weighted by Gasteiger charge is 2.33. The van der Waals surface area contributed by atoms with Crippen molar-refractivity contribution in [2.45, 2.75) is 32.6 Å². The molecule has 0 aromatic heterocycles. The fourth-order valence-electron chi connectivity index (χ4n) is 4.61. The van der Waals surface area contributed by atoms with E-state index in [0.717, 1.165) is 38.9 Å². The Bertz CT molecular complexity index is 863. The van der Waals surface area contributed by atoms with Crippen LogP contribution in [0.4, 0.5) is 11.4 Å². The minimum absolute atomic E-state index is 0.0140. The summed E-state index contributed by atoms with van der Waals surface area (Å²) in [5.74, 6) is -0.985. The molecule has 0 aliphatic carbocycles. The summed E-state index contributed by atoms with van der Waals surface area (Å²) in [5, 5.41) is 0. The lowest BCUT2D eigenvalue weighted by atomic mass is 9.96. The Balaban J connectivity index is 1.44. The highest BCUT2D eigenvalue weighted by atomic mass is 16.5. The number of carbonyl (C=O) groups excluding carboxylic acids is 2. The molecular formula is C25H30N2O3. The number of benzene rings is 2. The van der Waals surface area contributed by atoms with Gasteiger partial charge in [-0.3, -0.25) is 9.59 Å². The number of anilines is 2. The minimum Gasteiger partial charge on any atom is -0.465 e. The molecule has 1 saturated heterocycles. The molecule has 0 saturated carbocycles. The third-order valence-electron chi connectivity index (χ3n) is 6.16. The topological polar surface area (TPSA) is 49.9 Å². The lowest BCUT2D eigenvalue weighted by molar-refractivity contribution is -0.153. The zero-order valence-electron chi connectivity index (χ0n) is 17.7. The highest BCUT2D eigenvalue weighted by Crippen LogP contribution is 2.35. The van der Waals surface area contributed by atoms with Crippen molar-refractivity contribution in [1.29, 1.82) is 0 Å². The molecule has 0 N–H and O–H groups in total. The van der Waals surface area contributed by atoms with Crippen LogP contribution in [0.3, 0.4) is 0 Å². The van der Waals surface area contributed by atoms with Crippen molar-refractivity contribution >= 4 is 23.1 Å². The monoisotopic (exact) mass is 406 g/mol. The van der Waals surface area contributed by atoms with Gasteiger partial charge in [-0.25, -0.2) is 0 Å². The first-order valence-electron chi connectivity index (χ1n) is 11.0. The van der Waals surface area contributed by atoms with Crippen LogP contribution in [0.5, 0.6) is 0 Å². The van der Waals surface area contributed by atoms with Crippen molar-refractivity contribution in [3.8, 4) is 0 Å². The van der Waals surface area contributed by atoms with Gasteiger partial charge < -0.3 is 14.5 Å². The van der Waals surface area contributed by atoms with Crippen LogP contribution in [0.15, 0.2) is 48.5 Å². The number of para-hydroxylation sites is 2. The quantitative estimate of drug-likeness (QED) is 0.540. The second kappa shape index (κ2) is 9.43. The first-order chi connectivity index (χ1) is 14.7. The molecule has 2 aliphatic rings. The summed E-state index contributed by atoms with van der Waals surface area (Å²) >= 11 is 0. The van der Waals surface area contributed by atoms with Crippen LogP contribution >= 0.6 is 0 Å². The molecule has 1 fully saturated rings. The molecule has 0 radical (unpaired) electrons. The Hall–Kier alpha value is -2.66. The van der Waals surface area contributed by atoms with E-state index in [0.29, 0.717) is 19.6 Å². The third kappa shape index (κ3) is 4.41. The fourth-order valence-corrected chi connectivity index (χ4v) is 4.61. The number of nitrogens with zero attached hydrogens (tertiary/aromatic N) is 2. The third-order valence-corrected chi connectivity index (χ3v) is 6.16. The molecule has 2 aliphatic heterocycles. The Morgan fingerprint density at radius 2 is 1.60 bits per heavy atom. The largest absolute Gasteiger partial charge is 0.465 e. The molecule has 1 unspecified atom stereocenters. The molecular weight excluding hydrogens is 376 g/mol. The zero-order valence-corrected chi connectivity index (χ0v) is 17.7. The van der Waals surface area contributed by atoms with Crippen LogP contribution in [0.1, 0.15) is 30.9 Å². The maximum atomic E-state index is 12.2. The van der Waals surface area contributed by atoms with E-state index >= 15 is 0 Å². The van der Waals surface area contributed by atoms with Crippen molar-refractivity contribution < 1.29 is 14.3 Å². The summed E-state index contributed by atoms with van der Waals surface area (Å²) in [6, 6.07) is 17.4. The summed E-state index contributed by atoms with van der Waals surface area (Å²) in [5.41, 5.74) is 5.36. The average Bonchev–Trinajstić information content (AvgIpc) is 2.92. The SMILES string of the molecule is CCOC(=O)C1CN(CCCN2c3ccccc3CCc3ccccc32)CCC1=O. The predicted molar refractivity (Wildman–Crippen MR) is 118 cm³/mol. The summed E-state index contributed by atoms with van der Waals surface area (Å²) in [6.07, 6.45) is 3.50. The van der Waals surface area contributed by atoms with Gasteiger partial charge >= 0.3 is 5.97 Å². The normalized spacial score (nSPS) is 19.0. The van der Waals surface area contributed by atoms with Gasteiger partial charge in [0.05, 0.1) is 6.61 Å².